The van der Waals surface area contributed by atoms with Crippen molar-refractivity contribution in [3.63, 3.8) is 0 Å². The van der Waals surface area contributed by atoms with Gasteiger partial charge >= 0.3 is 5.97 Å². The number of amides is 1. The molecule has 0 aliphatic rings. The fourth-order valence-corrected chi connectivity index (χ4v) is 2.75. The molecule has 0 saturated heterocycles. The zero-order valence-corrected chi connectivity index (χ0v) is 13.2. The van der Waals surface area contributed by atoms with Gasteiger partial charge in [-0.1, -0.05) is 23.5 Å². The maximum atomic E-state index is 12.1. The van der Waals surface area contributed by atoms with Crippen molar-refractivity contribution in [3.05, 3.63) is 39.3 Å². The molecule has 0 spiro atoms. The van der Waals surface area contributed by atoms with Gasteiger partial charge in [0.1, 0.15) is 4.88 Å². The van der Waals surface area contributed by atoms with Crippen molar-refractivity contribution in [2.45, 2.75) is 13.8 Å². The smallest absolute Gasteiger partial charge is 0.350 e. The normalized spacial score (nSPS) is 10.2. The Hall–Kier alpha value is -2.81. The van der Waals surface area contributed by atoms with E-state index >= 15 is 0 Å². The Morgan fingerprint density at radius 1 is 1.43 bits per heavy atom. The average molecular weight is 335 g/mol. The van der Waals surface area contributed by atoms with E-state index in [-0.39, 0.29) is 33.9 Å². The van der Waals surface area contributed by atoms with Crippen LogP contribution in [0, 0.1) is 10.1 Å². The third-order valence-corrected chi connectivity index (χ3v) is 3.65. The molecule has 2 rings (SSSR count). The number of aromatic nitrogens is 1. The number of hydrogen-bond donors (Lipinski definition) is 1. The fraction of sp³-hybridized carbons (Fsp3) is 0.214. The van der Waals surface area contributed by atoms with Crippen molar-refractivity contribution >= 4 is 34.0 Å². The molecule has 0 saturated carbocycles. The van der Waals surface area contributed by atoms with Gasteiger partial charge in [0.25, 0.3) is 5.69 Å². The monoisotopic (exact) mass is 335 g/mol. The summed E-state index contributed by atoms with van der Waals surface area (Å²) in [6, 6.07) is 5.76. The molecule has 1 heterocycles. The molecule has 0 bridgehead atoms. The van der Waals surface area contributed by atoms with Gasteiger partial charge in [-0.3, -0.25) is 14.9 Å². The molecular formula is C14H13N3O5S. The van der Waals surface area contributed by atoms with Gasteiger partial charge in [-0.25, -0.2) is 9.78 Å². The molecule has 0 fully saturated rings. The first-order chi connectivity index (χ1) is 10.9. The minimum atomic E-state index is -0.594. The van der Waals surface area contributed by atoms with E-state index in [9.17, 15) is 19.7 Å². The van der Waals surface area contributed by atoms with Crippen molar-refractivity contribution < 1.29 is 19.2 Å². The Morgan fingerprint density at radius 3 is 2.78 bits per heavy atom. The lowest BCUT2D eigenvalue weighted by atomic mass is 10.1. The number of nitro benzene ring substituents is 1. The van der Waals surface area contributed by atoms with Crippen molar-refractivity contribution in [2.24, 2.45) is 0 Å². The van der Waals surface area contributed by atoms with E-state index in [1.807, 2.05) is 0 Å². The number of carbonyl (C=O) groups excluding carboxylic acids is 2. The summed E-state index contributed by atoms with van der Waals surface area (Å²) in [5, 5.41) is 13.6. The predicted molar refractivity (Wildman–Crippen MR) is 84.5 cm³/mol. The van der Waals surface area contributed by atoms with Gasteiger partial charge in [0.2, 0.25) is 5.91 Å². The van der Waals surface area contributed by atoms with Crippen LogP contribution in [0.15, 0.2) is 24.3 Å². The molecule has 1 N–H and O–H groups in total. The van der Waals surface area contributed by atoms with E-state index in [2.05, 4.69) is 10.3 Å². The van der Waals surface area contributed by atoms with Crippen LogP contribution in [0.5, 0.6) is 0 Å². The standard InChI is InChI=1S/C14H13N3O5S/c1-3-22-13(19)12-11(16-14(23-12)15-8(2)18)9-5-4-6-10(7-9)17(20)21/h4-7H,3H2,1-2H3,(H,15,16,18). The van der Waals surface area contributed by atoms with Gasteiger partial charge in [-0.05, 0) is 6.92 Å². The number of nitrogens with one attached hydrogen (secondary N) is 1. The molecule has 0 aliphatic carbocycles. The quantitative estimate of drug-likeness (QED) is 0.511. The van der Waals surface area contributed by atoms with Crippen LogP contribution in [0.2, 0.25) is 0 Å². The highest BCUT2D eigenvalue weighted by molar-refractivity contribution is 7.18. The lowest BCUT2D eigenvalue weighted by Crippen LogP contribution is -2.04. The van der Waals surface area contributed by atoms with Gasteiger partial charge in [-0.15, -0.1) is 0 Å². The van der Waals surface area contributed by atoms with Crippen molar-refractivity contribution in [1.29, 1.82) is 0 Å². The fourth-order valence-electron chi connectivity index (χ4n) is 1.82. The number of nitro groups is 1. The molecule has 9 heteroatoms. The second-order valence-electron chi connectivity index (χ2n) is 4.41. The SMILES string of the molecule is CCOC(=O)c1sc(NC(C)=O)nc1-c1cccc([N+](=O)[O-])c1. The second-order valence-corrected chi connectivity index (χ2v) is 5.40. The highest BCUT2D eigenvalue weighted by Crippen LogP contribution is 2.33. The predicted octanol–water partition coefficient (Wildman–Crippen LogP) is 2.85. The number of hydrogen-bond acceptors (Lipinski definition) is 7. The minimum Gasteiger partial charge on any atom is -0.462 e. The van der Waals surface area contributed by atoms with Crippen LogP contribution in [-0.2, 0) is 9.53 Å². The summed E-state index contributed by atoms with van der Waals surface area (Å²) in [7, 11) is 0. The summed E-state index contributed by atoms with van der Waals surface area (Å²) in [6.45, 7) is 3.17. The van der Waals surface area contributed by atoms with Crippen LogP contribution in [0.1, 0.15) is 23.5 Å². The molecule has 1 amide bonds. The Kier molecular flexibility index (Phi) is 5.02. The number of thiazole rings is 1. The van der Waals surface area contributed by atoms with E-state index in [1.165, 1.54) is 25.1 Å². The number of anilines is 1. The summed E-state index contributed by atoms with van der Waals surface area (Å²) in [5.41, 5.74) is 0.516. The van der Waals surface area contributed by atoms with E-state index in [1.54, 1.807) is 13.0 Å². The van der Waals surface area contributed by atoms with E-state index < -0.39 is 10.9 Å². The highest BCUT2D eigenvalue weighted by Gasteiger charge is 2.22. The average Bonchev–Trinajstić information content (AvgIpc) is 2.90. The third kappa shape index (κ3) is 3.89. The number of benzene rings is 1. The summed E-state index contributed by atoms with van der Waals surface area (Å²) in [4.78, 5) is 37.9. The van der Waals surface area contributed by atoms with E-state index in [0.717, 1.165) is 11.3 Å². The number of carbonyl (C=O) groups is 2. The first kappa shape index (κ1) is 16.6. The van der Waals surface area contributed by atoms with Crippen molar-refractivity contribution in [3.8, 4) is 11.3 Å². The van der Waals surface area contributed by atoms with Crippen LogP contribution >= 0.6 is 11.3 Å². The molecule has 0 unspecified atom stereocenters. The zero-order chi connectivity index (χ0) is 17.0. The Labute approximate surface area is 135 Å². The maximum Gasteiger partial charge on any atom is 0.350 e. The highest BCUT2D eigenvalue weighted by atomic mass is 32.1. The Morgan fingerprint density at radius 2 is 2.17 bits per heavy atom. The van der Waals surface area contributed by atoms with Crippen LogP contribution in [0.3, 0.4) is 0 Å². The first-order valence-electron chi connectivity index (χ1n) is 6.62. The second kappa shape index (κ2) is 6.97. The van der Waals surface area contributed by atoms with Gasteiger partial charge in [0.15, 0.2) is 5.13 Å². The molecule has 1 aromatic heterocycles. The van der Waals surface area contributed by atoms with Crippen LogP contribution in [-0.4, -0.2) is 28.4 Å². The third-order valence-electron chi connectivity index (χ3n) is 2.70. The van der Waals surface area contributed by atoms with Crippen LogP contribution in [0.25, 0.3) is 11.3 Å². The van der Waals surface area contributed by atoms with Gasteiger partial charge in [0.05, 0.1) is 17.2 Å². The Balaban J connectivity index is 2.52. The van der Waals surface area contributed by atoms with Gasteiger partial charge in [-0.2, -0.15) is 0 Å². The van der Waals surface area contributed by atoms with Gasteiger partial charge in [0, 0.05) is 24.6 Å². The molecular weight excluding hydrogens is 322 g/mol. The molecule has 8 nitrogen and oxygen atoms in total. The lowest BCUT2D eigenvalue weighted by molar-refractivity contribution is -0.384. The van der Waals surface area contributed by atoms with Crippen LogP contribution in [0.4, 0.5) is 10.8 Å². The Bertz CT molecular complexity index is 772. The summed E-state index contributed by atoms with van der Waals surface area (Å²) in [5.74, 6) is -0.928. The largest absolute Gasteiger partial charge is 0.462 e. The summed E-state index contributed by atoms with van der Waals surface area (Å²) >= 11 is 0.958. The maximum absolute atomic E-state index is 12.1. The molecule has 0 radical (unpaired) electrons. The van der Waals surface area contributed by atoms with Crippen molar-refractivity contribution in [1.82, 2.24) is 4.98 Å². The topological polar surface area (TPSA) is 111 Å². The number of esters is 1. The van der Waals surface area contributed by atoms with Crippen LogP contribution < -0.4 is 5.32 Å². The molecule has 0 atom stereocenters. The summed E-state index contributed by atoms with van der Waals surface area (Å²) < 4.78 is 4.97. The number of ether oxygens (including phenoxy) is 1. The molecule has 0 aliphatic heterocycles. The minimum absolute atomic E-state index is 0.119. The number of non-ortho nitro benzene ring substituents is 1. The zero-order valence-electron chi connectivity index (χ0n) is 12.4. The van der Waals surface area contributed by atoms with Gasteiger partial charge < -0.3 is 10.1 Å². The number of nitrogens with zero attached hydrogens (tertiary/aromatic N) is 2. The lowest BCUT2D eigenvalue weighted by Gasteiger charge is -2.02. The summed E-state index contributed by atoms with van der Waals surface area (Å²) in [6.07, 6.45) is 0. The molecule has 1 aromatic carbocycles. The number of rotatable bonds is 5. The van der Waals surface area contributed by atoms with E-state index in [0.29, 0.717) is 5.56 Å². The molecule has 2 aromatic rings. The molecule has 23 heavy (non-hydrogen) atoms. The molecule has 120 valence electrons. The van der Waals surface area contributed by atoms with E-state index in [4.69, 9.17) is 4.74 Å². The van der Waals surface area contributed by atoms with Crippen molar-refractivity contribution in [2.75, 3.05) is 11.9 Å². The first-order valence-corrected chi connectivity index (χ1v) is 7.44.